The highest BCUT2D eigenvalue weighted by atomic mass is 15.1. The number of likely N-dealkylation sites (tertiary alicyclic amines) is 1. The van der Waals surface area contributed by atoms with Crippen molar-refractivity contribution in [2.24, 2.45) is 0 Å². The Bertz CT molecular complexity index is 803. The van der Waals surface area contributed by atoms with Crippen LogP contribution in [0.5, 0.6) is 0 Å². The molecule has 166 valence electrons. The molecule has 1 heterocycles. The first-order valence-electron chi connectivity index (χ1n) is 13.0. The standard InChI is InChI=1S/C30H41N/c1-2-3-4-5-6-7-8-13-22-31-23-20-27(21-24-31)30-28-16-11-9-14-25(28)18-19-26-15-10-12-17-29(26)30/h9-12,14-17H,2-8,13,18-24H2,1H3. The Balaban J connectivity index is 1.36. The number of nitrogens with zero attached hydrogens (tertiary/aromatic N) is 1. The van der Waals surface area contributed by atoms with Gasteiger partial charge >= 0.3 is 0 Å². The lowest BCUT2D eigenvalue weighted by atomic mass is 9.86. The van der Waals surface area contributed by atoms with E-state index < -0.39 is 0 Å². The average Bonchev–Trinajstić information content (AvgIpc) is 2.98. The first-order valence-corrected chi connectivity index (χ1v) is 13.0. The molecule has 1 aliphatic carbocycles. The van der Waals surface area contributed by atoms with Crippen LogP contribution in [0.3, 0.4) is 0 Å². The molecule has 0 amide bonds. The zero-order valence-corrected chi connectivity index (χ0v) is 19.7. The van der Waals surface area contributed by atoms with Gasteiger partial charge in [0.15, 0.2) is 0 Å². The molecular weight excluding hydrogens is 374 g/mol. The third kappa shape index (κ3) is 5.89. The summed E-state index contributed by atoms with van der Waals surface area (Å²) >= 11 is 0. The maximum atomic E-state index is 2.72. The van der Waals surface area contributed by atoms with Crippen molar-refractivity contribution in [1.82, 2.24) is 4.90 Å². The van der Waals surface area contributed by atoms with Crippen molar-refractivity contribution < 1.29 is 0 Å². The van der Waals surface area contributed by atoms with E-state index in [1.54, 1.807) is 11.1 Å². The van der Waals surface area contributed by atoms with Crippen molar-refractivity contribution in [1.29, 1.82) is 0 Å². The number of piperidine rings is 1. The summed E-state index contributed by atoms with van der Waals surface area (Å²) in [4.78, 5) is 2.72. The van der Waals surface area contributed by atoms with Crippen molar-refractivity contribution in [2.45, 2.75) is 84.0 Å². The van der Waals surface area contributed by atoms with Gasteiger partial charge in [0.05, 0.1) is 0 Å². The Morgan fingerprint density at radius 3 is 1.71 bits per heavy atom. The lowest BCUT2D eigenvalue weighted by Crippen LogP contribution is -2.32. The van der Waals surface area contributed by atoms with Crippen molar-refractivity contribution in [3.05, 3.63) is 76.4 Å². The van der Waals surface area contributed by atoms with Gasteiger partial charge in [-0.05, 0) is 66.5 Å². The van der Waals surface area contributed by atoms with E-state index in [-0.39, 0.29) is 0 Å². The van der Waals surface area contributed by atoms with Crippen LogP contribution in [0.2, 0.25) is 0 Å². The molecule has 31 heavy (non-hydrogen) atoms. The van der Waals surface area contributed by atoms with E-state index in [9.17, 15) is 0 Å². The summed E-state index contributed by atoms with van der Waals surface area (Å²) < 4.78 is 0. The fraction of sp³-hybridized carbons (Fsp3) is 0.533. The maximum Gasteiger partial charge on any atom is 0.00190 e. The number of benzene rings is 2. The summed E-state index contributed by atoms with van der Waals surface area (Å²) in [6.07, 6.45) is 16.1. The third-order valence-electron chi connectivity index (χ3n) is 7.38. The van der Waals surface area contributed by atoms with E-state index >= 15 is 0 Å². The highest BCUT2D eigenvalue weighted by molar-refractivity contribution is 5.86. The number of hydrogen-bond acceptors (Lipinski definition) is 1. The van der Waals surface area contributed by atoms with E-state index in [4.69, 9.17) is 0 Å². The van der Waals surface area contributed by atoms with E-state index in [0.29, 0.717) is 0 Å². The van der Waals surface area contributed by atoms with Gasteiger partial charge < -0.3 is 4.90 Å². The molecule has 1 fully saturated rings. The normalized spacial score (nSPS) is 16.7. The van der Waals surface area contributed by atoms with Gasteiger partial charge in [-0.3, -0.25) is 0 Å². The second-order valence-electron chi connectivity index (χ2n) is 9.61. The SMILES string of the molecule is CCCCCCCCCCN1CCC(=C2c3ccccc3CCc3ccccc32)CC1. The Hall–Kier alpha value is -1.86. The third-order valence-corrected chi connectivity index (χ3v) is 7.38. The zero-order valence-electron chi connectivity index (χ0n) is 19.7. The van der Waals surface area contributed by atoms with Crippen LogP contribution >= 0.6 is 0 Å². The second kappa shape index (κ2) is 11.7. The van der Waals surface area contributed by atoms with Gasteiger partial charge in [-0.2, -0.15) is 0 Å². The first kappa shape index (κ1) is 22.3. The maximum absolute atomic E-state index is 2.72. The molecule has 1 aliphatic heterocycles. The number of aryl methyl sites for hydroxylation is 2. The molecule has 1 nitrogen and oxygen atoms in total. The molecule has 0 radical (unpaired) electrons. The molecule has 0 N–H and O–H groups in total. The predicted molar refractivity (Wildman–Crippen MR) is 135 cm³/mol. The van der Waals surface area contributed by atoms with Gasteiger partial charge in [-0.15, -0.1) is 0 Å². The molecule has 0 saturated carbocycles. The predicted octanol–water partition coefficient (Wildman–Crippen LogP) is 7.82. The Labute approximate surface area is 190 Å². The molecular formula is C30H41N. The first-order chi connectivity index (χ1) is 15.4. The summed E-state index contributed by atoms with van der Waals surface area (Å²) in [6.45, 7) is 6.07. The summed E-state index contributed by atoms with van der Waals surface area (Å²) in [5, 5.41) is 0. The van der Waals surface area contributed by atoms with Crippen molar-refractivity contribution in [2.75, 3.05) is 19.6 Å². The molecule has 2 aromatic carbocycles. The van der Waals surface area contributed by atoms with Crippen LogP contribution in [0.25, 0.3) is 5.57 Å². The lowest BCUT2D eigenvalue weighted by molar-refractivity contribution is 0.251. The van der Waals surface area contributed by atoms with Crippen LogP contribution in [-0.2, 0) is 12.8 Å². The minimum atomic E-state index is 1.16. The van der Waals surface area contributed by atoms with Gasteiger partial charge in [0, 0.05) is 13.1 Å². The number of fused-ring (bicyclic) bond motifs is 2. The molecule has 1 saturated heterocycles. The van der Waals surface area contributed by atoms with E-state index in [0.717, 1.165) is 12.8 Å². The number of unbranched alkanes of at least 4 members (excludes halogenated alkanes) is 7. The largest absolute Gasteiger partial charge is 0.303 e. The van der Waals surface area contributed by atoms with E-state index in [1.807, 2.05) is 0 Å². The summed E-state index contributed by atoms with van der Waals surface area (Å²) in [5.41, 5.74) is 9.31. The quantitative estimate of drug-likeness (QED) is 0.377. The number of rotatable bonds is 9. The molecule has 0 spiro atoms. The Morgan fingerprint density at radius 2 is 1.13 bits per heavy atom. The topological polar surface area (TPSA) is 3.24 Å². The fourth-order valence-corrected chi connectivity index (χ4v) is 5.53. The Morgan fingerprint density at radius 1 is 0.613 bits per heavy atom. The Kier molecular flexibility index (Phi) is 8.41. The zero-order chi connectivity index (χ0) is 21.3. The van der Waals surface area contributed by atoms with Crippen molar-refractivity contribution in [3.63, 3.8) is 0 Å². The minimum Gasteiger partial charge on any atom is -0.303 e. The number of hydrogen-bond donors (Lipinski definition) is 0. The van der Waals surface area contributed by atoms with Crippen LogP contribution in [0, 0.1) is 0 Å². The van der Waals surface area contributed by atoms with E-state index in [2.05, 4.69) is 60.4 Å². The molecule has 0 atom stereocenters. The van der Waals surface area contributed by atoms with Crippen LogP contribution < -0.4 is 0 Å². The monoisotopic (exact) mass is 415 g/mol. The molecule has 2 aromatic rings. The van der Waals surface area contributed by atoms with Gasteiger partial charge in [0.2, 0.25) is 0 Å². The van der Waals surface area contributed by atoms with Crippen molar-refractivity contribution >= 4 is 5.57 Å². The van der Waals surface area contributed by atoms with Gasteiger partial charge in [0.1, 0.15) is 0 Å². The van der Waals surface area contributed by atoms with Crippen LogP contribution in [-0.4, -0.2) is 24.5 Å². The second-order valence-corrected chi connectivity index (χ2v) is 9.61. The molecule has 1 heteroatoms. The minimum absolute atomic E-state index is 1.16. The van der Waals surface area contributed by atoms with Crippen LogP contribution in [0.1, 0.15) is 93.4 Å². The van der Waals surface area contributed by atoms with Gasteiger partial charge in [-0.1, -0.05) is 106 Å². The van der Waals surface area contributed by atoms with Crippen LogP contribution in [0.4, 0.5) is 0 Å². The molecule has 0 unspecified atom stereocenters. The molecule has 4 rings (SSSR count). The van der Waals surface area contributed by atoms with Gasteiger partial charge in [0.25, 0.3) is 0 Å². The van der Waals surface area contributed by atoms with Gasteiger partial charge in [-0.25, -0.2) is 0 Å². The summed E-state index contributed by atoms with van der Waals surface area (Å²) in [7, 11) is 0. The smallest absolute Gasteiger partial charge is 0.00190 e. The molecule has 0 bridgehead atoms. The molecule has 2 aliphatic rings. The summed E-state index contributed by atoms with van der Waals surface area (Å²) in [6, 6.07) is 18.3. The van der Waals surface area contributed by atoms with Crippen molar-refractivity contribution in [3.8, 4) is 0 Å². The van der Waals surface area contributed by atoms with Crippen LogP contribution in [0.15, 0.2) is 54.1 Å². The highest BCUT2D eigenvalue weighted by Crippen LogP contribution is 2.38. The lowest BCUT2D eigenvalue weighted by Gasteiger charge is -2.30. The average molecular weight is 416 g/mol. The summed E-state index contributed by atoms with van der Waals surface area (Å²) in [5.74, 6) is 0. The van der Waals surface area contributed by atoms with E-state index in [1.165, 1.54) is 106 Å². The fourth-order valence-electron chi connectivity index (χ4n) is 5.53. The molecule has 0 aromatic heterocycles. The highest BCUT2D eigenvalue weighted by Gasteiger charge is 2.23.